The van der Waals surface area contributed by atoms with Gasteiger partial charge in [-0.2, -0.15) is 0 Å². The van der Waals surface area contributed by atoms with Gasteiger partial charge < -0.3 is 4.57 Å². The standard InChI is InChI=1S/C12H11Cl2N3O3S/c1-17-6-2-3-10(17)12(18)15-16-21(19,20)11-7-8(13)4-5-9(11)14/h2-7,16H,1H3,(H,15,18). The average molecular weight is 348 g/mol. The maximum absolute atomic E-state index is 12.1. The lowest BCUT2D eigenvalue weighted by molar-refractivity contribution is 0.0937. The van der Waals surface area contributed by atoms with Crippen LogP contribution in [0.5, 0.6) is 0 Å². The van der Waals surface area contributed by atoms with Crippen LogP contribution < -0.4 is 10.3 Å². The van der Waals surface area contributed by atoms with Gasteiger partial charge in [-0.15, -0.1) is 4.83 Å². The molecule has 2 rings (SSSR count). The molecule has 0 spiro atoms. The number of halogens is 2. The number of aromatic nitrogens is 1. The summed E-state index contributed by atoms with van der Waals surface area (Å²) in [5, 5.41) is 0.216. The van der Waals surface area contributed by atoms with Crippen molar-refractivity contribution < 1.29 is 13.2 Å². The number of hydrazine groups is 1. The Balaban J connectivity index is 2.17. The highest BCUT2D eigenvalue weighted by atomic mass is 35.5. The van der Waals surface area contributed by atoms with Crippen LogP contribution in [0.25, 0.3) is 0 Å². The minimum Gasteiger partial charge on any atom is -0.347 e. The van der Waals surface area contributed by atoms with Crippen molar-refractivity contribution in [2.24, 2.45) is 7.05 Å². The van der Waals surface area contributed by atoms with E-state index in [1.54, 1.807) is 29.9 Å². The van der Waals surface area contributed by atoms with Crippen molar-refractivity contribution >= 4 is 39.1 Å². The Labute approximate surface area is 131 Å². The molecule has 0 bridgehead atoms. The number of carbonyl (C=O) groups is 1. The first-order valence-corrected chi connectivity index (χ1v) is 7.94. The number of sulfonamides is 1. The monoisotopic (exact) mass is 347 g/mol. The molecule has 0 aliphatic carbocycles. The van der Waals surface area contributed by atoms with E-state index in [9.17, 15) is 13.2 Å². The van der Waals surface area contributed by atoms with Crippen molar-refractivity contribution in [3.8, 4) is 0 Å². The first-order chi connectivity index (χ1) is 9.81. The number of carbonyl (C=O) groups excluding carboxylic acids is 1. The topological polar surface area (TPSA) is 80.2 Å². The van der Waals surface area contributed by atoms with Crippen LogP contribution in [0.4, 0.5) is 0 Å². The lowest BCUT2D eigenvalue weighted by Gasteiger charge is -2.10. The summed E-state index contributed by atoms with van der Waals surface area (Å²) in [7, 11) is -2.36. The van der Waals surface area contributed by atoms with E-state index in [2.05, 4.69) is 5.43 Å². The predicted molar refractivity (Wildman–Crippen MR) is 79.7 cm³/mol. The molecule has 1 aromatic carbocycles. The largest absolute Gasteiger partial charge is 0.347 e. The van der Waals surface area contributed by atoms with Gasteiger partial charge in [0.25, 0.3) is 15.9 Å². The van der Waals surface area contributed by atoms with Crippen LogP contribution >= 0.6 is 23.2 Å². The molecule has 1 heterocycles. The molecule has 0 unspecified atom stereocenters. The molecule has 1 aromatic heterocycles. The van der Waals surface area contributed by atoms with Crippen molar-refractivity contribution in [3.05, 3.63) is 52.3 Å². The number of nitrogens with zero attached hydrogens (tertiary/aromatic N) is 1. The first kappa shape index (κ1) is 15.8. The fourth-order valence-electron chi connectivity index (χ4n) is 1.61. The van der Waals surface area contributed by atoms with Gasteiger partial charge in [0.1, 0.15) is 10.6 Å². The second-order valence-electron chi connectivity index (χ2n) is 4.14. The van der Waals surface area contributed by atoms with Crippen LogP contribution in [-0.4, -0.2) is 18.9 Å². The third kappa shape index (κ3) is 3.56. The van der Waals surface area contributed by atoms with Crippen molar-refractivity contribution in [2.45, 2.75) is 4.90 Å². The summed E-state index contributed by atoms with van der Waals surface area (Å²) in [6.07, 6.45) is 1.66. The quantitative estimate of drug-likeness (QED) is 0.829. The Morgan fingerprint density at radius 1 is 1.24 bits per heavy atom. The van der Waals surface area contributed by atoms with Crippen LogP contribution in [0.2, 0.25) is 10.0 Å². The van der Waals surface area contributed by atoms with Gasteiger partial charge in [-0.3, -0.25) is 10.2 Å². The fraction of sp³-hybridized carbons (Fsp3) is 0.0833. The van der Waals surface area contributed by atoms with Crippen molar-refractivity contribution in [3.63, 3.8) is 0 Å². The van der Waals surface area contributed by atoms with E-state index in [0.717, 1.165) is 0 Å². The summed E-state index contributed by atoms with van der Waals surface area (Å²) in [5.74, 6) is -0.593. The SMILES string of the molecule is Cn1cccc1C(=O)NNS(=O)(=O)c1cc(Cl)ccc1Cl. The number of hydrogen-bond donors (Lipinski definition) is 2. The zero-order valence-electron chi connectivity index (χ0n) is 10.8. The maximum atomic E-state index is 12.1. The van der Waals surface area contributed by atoms with Crippen LogP contribution in [0.3, 0.4) is 0 Å². The molecule has 0 aliphatic heterocycles. The van der Waals surface area contributed by atoms with Gasteiger partial charge in [-0.05, 0) is 30.3 Å². The highest BCUT2D eigenvalue weighted by molar-refractivity contribution is 7.89. The summed E-state index contributed by atoms with van der Waals surface area (Å²) in [5.41, 5.74) is 2.41. The van der Waals surface area contributed by atoms with Crippen molar-refractivity contribution in [1.29, 1.82) is 0 Å². The molecule has 6 nitrogen and oxygen atoms in total. The minimum absolute atomic E-state index is 0.0000145. The molecule has 0 fully saturated rings. The minimum atomic E-state index is -4.02. The number of rotatable bonds is 4. The summed E-state index contributed by atoms with van der Waals surface area (Å²) < 4.78 is 25.7. The third-order valence-corrected chi connectivity index (χ3v) is 4.62. The van der Waals surface area contributed by atoms with Crippen LogP contribution in [0.1, 0.15) is 10.5 Å². The van der Waals surface area contributed by atoms with Gasteiger partial charge in [-0.25, -0.2) is 8.42 Å². The number of benzene rings is 1. The molecular weight excluding hydrogens is 337 g/mol. The van der Waals surface area contributed by atoms with E-state index in [0.29, 0.717) is 5.69 Å². The molecule has 21 heavy (non-hydrogen) atoms. The molecule has 2 aromatic rings. The van der Waals surface area contributed by atoms with Crippen LogP contribution in [0, 0.1) is 0 Å². The molecule has 2 N–H and O–H groups in total. The molecular formula is C12H11Cl2N3O3S. The summed E-state index contributed by atoms with van der Waals surface area (Å²) in [4.78, 5) is 13.6. The number of amides is 1. The molecule has 112 valence electrons. The average Bonchev–Trinajstić information content (AvgIpc) is 2.85. The van der Waals surface area contributed by atoms with E-state index in [4.69, 9.17) is 23.2 Å². The molecule has 9 heteroatoms. The zero-order valence-corrected chi connectivity index (χ0v) is 13.1. The van der Waals surface area contributed by atoms with E-state index in [1.165, 1.54) is 18.2 Å². The second kappa shape index (κ2) is 6.07. The van der Waals surface area contributed by atoms with Gasteiger partial charge in [0, 0.05) is 18.3 Å². The Morgan fingerprint density at radius 2 is 1.95 bits per heavy atom. The molecule has 0 atom stereocenters. The van der Waals surface area contributed by atoms with Gasteiger partial charge in [0.15, 0.2) is 0 Å². The van der Waals surface area contributed by atoms with E-state index >= 15 is 0 Å². The van der Waals surface area contributed by atoms with Crippen molar-refractivity contribution in [1.82, 2.24) is 14.8 Å². The van der Waals surface area contributed by atoms with E-state index in [-0.39, 0.29) is 14.9 Å². The Morgan fingerprint density at radius 3 is 2.57 bits per heavy atom. The van der Waals surface area contributed by atoms with Gasteiger partial charge >= 0.3 is 0 Å². The lowest BCUT2D eigenvalue weighted by Crippen LogP contribution is -2.42. The lowest BCUT2D eigenvalue weighted by atomic mass is 10.4. The highest BCUT2D eigenvalue weighted by Gasteiger charge is 2.20. The fourth-order valence-corrected chi connectivity index (χ4v) is 3.22. The van der Waals surface area contributed by atoms with Gasteiger partial charge in [-0.1, -0.05) is 23.2 Å². The predicted octanol–water partition coefficient (Wildman–Crippen LogP) is 1.96. The summed E-state index contributed by atoms with van der Waals surface area (Å²) >= 11 is 11.6. The first-order valence-electron chi connectivity index (χ1n) is 5.70. The maximum Gasteiger partial charge on any atom is 0.282 e. The number of nitrogens with one attached hydrogen (secondary N) is 2. The molecule has 0 saturated carbocycles. The Kier molecular flexibility index (Phi) is 4.58. The smallest absolute Gasteiger partial charge is 0.282 e. The second-order valence-corrected chi connectivity index (χ2v) is 6.63. The normalized spacial score (nSPS) is 11.4. The third-order valence-electron chi connectivity index (χ3n) is 2.66. The number of hydrogen-bond acceptors (Lipinski definition) is 3. The van der Waals surface area contributed by atoms with Gasteiger partial charge in [0.2, 0.25) is 0 Å². The number of aryl methyl sites for hydroxylation is 1. The van der Waals surface area contributed by atoms with Crippen LogP contribution in [-0.2, 0) is 17.1 Å². The zero-order chi connectivity index (χ0) is 15.6. The summed E-state index contributed by atoms with van der Waals surface area (Å²) in [6, 6.07) is 7.23. The van der Waals surface area contributed by atoms with E-state index in [1.807, 2.05) is 4.83 Å². The van der Waals surface area contributed by atoms with Crippen molar-refractivity contribution in [2.75, 3.05) is 0 Å². The highest BCUT2D eigenvalue weighted by Crippen LogP contribution is 2.24. The molecule has 0 saturated heterocycles. The van der Waals surface area contributed by atoms with Crippen LogP contribution in [0.15, 0.2) is 41.4 Å². The molecule has 0 radical (unpaired) electrons. The van der Waals surface area contributed by atoms with E-state index < -0.39 is 15.9 Å². The summed E-state index contributed by atoms with van der Waals surface area (Å²) in [6.45, 7) is 0. The molecule has 1 amide bonds. The Hall–Kier alpha value is -1.54. The Bertz CT molecular complexity index is 787. The molecule has 0 aliphatic rings. The van der Waals surface area contributed by atoms with Gasteiger partial charge in [0.05, 0.1) is 5.02 Å².